The summed E-state index contributed by atoms with van der Waals surface area (Å²) in [5, 5.41) is 4.40. The largest absolute Gasteiger partial charge is 0.494 e. The highest BCUT2D eigenvalue weighted by Gasteiger charge is 2.21. The van der Waals surface area contributed by atoms with Crippen LogP contribution in [0.25, 0.3) is 22.4 Å². The van der Waals surface area contributed by atoms with Gasteiger partial charge in [0.25, 0.3) is 17.5 Å². The van der Waals surface area contributed by atoms with E-state index in [0.717, 1.165) is 11.3 Å². The molecule has 3 aromatic heterocycles. The average Bonchev–Trinajstić information content (AvgIpc) is 3.33. The number of aryl methyl sites for hydroxylation is 3. The van der Waals surface area contributed by atoms with Crippen LogP contribution in [0.5, 0.6) is 5.75 Å². The van der Waals surface area contributed by atoms with Crippen molar-refractivity contribution in [3.05, 3.63) is 64.7 Å². The molecular formula is C23H22N4O5. The Hall–Kier alpha value is -4.14. The molecule has 0 atom stereocenters. The molecule has 32 heavy (non-hydrogen) atoms. The van der Waals surface area contributed by atoms with Crippen LogP contribution in [0, 0.1) is 20.8 Å². The monoisotopic (exact) mass is 434 g/mol. The Morgan fingerprint density at radius 1 is 1.03 bits per heavy atom. The number of pyridine rings is 1. The fourth-order valence-corrected chi connectivity index (χ4v) is 3.42. The predicted octanol–water partition coefficient (Wildman–Crippen LogP) is 3.88. The standard InChI is InChI=1S/C23H22N4O5/c1-5-30-16-8-6-15(7-9-16)21(28)25-26-22(29)18-11-19(17-10-12(2)31-14(17)4)24-23-20(18)13(3)27-32-23/h6-11H,5H2,1-4H3,(H,25,28)(H,26,29). The van der Waals surface area contributed by atoms with Crippen molar-refractivity contribution in [1.29, 1.82) is 0 Å². The van der Waals surface area contributed by atoms with Gasteiger partial charge in [0.05, 0.1) is 28.9 Å². The second-order valence-electron chi connectivity index (χ2n) is 7.20. The van der Waals surface area contributed by atoms with Gasteiger partial charge in [0.15, 0.2) is 0 Å². The first-order chi connectivity index (χ1) is 15.4. The number of carbonyl (C=O) groups is 2. The summed E-state index contributed by atoms with van der Waals surface area (Å²) in [4.78, 5) is 29.9. The maximum Gasteiger partial charge on any atom is 0.270 e. The van der Waals surface area contributed by atoms with E-state index < -0.39 is 11.8 Å². The van der Waals surface area contributed by atoms with E-state index in [2.05, 4.69) is 21.0 Å². The zero-order chi connectivity index (χ0) is 22.8. The summed E-state index contributed by atoms with van der Waals surface area (Å²) >= 11 is 0. The highest BCUT2D eigenvalue weighted by Crippen LogP contribution is 2.30. The van der Waals surface area contributed by atoms with Gasteiger partial charge in [-0.3, -0.25) is 20.4 Å². The summed E-state index contributed by atoms with van der Waals surface area (Å²) in [5.41, 5.74) is 7.52. The molecule has 0 saturated heterocycles. The van der Waals surface area contributed by atoms with Crippen LogP contribution in [-0.2, 0) is 0 Å². The number of nitrogens with one attached hydrogen (secondary N) is 2. The van der Waals surface area contributed by atoms with Crippen molar-refractivity contribution in [1.82, 2.24) is 21.0 Å². The van der Waals surface area contributed by atoms with Gasteiger partial charge in [-0.1, -0.05) is 5.16 Å². The predicted molar refractivity (Wildman–Crippen MR) is 116 cm³/mol. The molecular weight excluding hydrogens is 412 g/mol. The Labute approximate surface area is 183 Å². The zero-order valence-corrected chi connectivity index (χ0v) is 18.1. The molecule has 4 aromatic rings. The van der Waals surface area contributed by atoms with Gasteiger partial charge < -0.3 is 13.7 Å². The Morgan fingerprint density at radius 2 is 1.75 bits per heavy atom. The summed E-state index contributed by atoms with van der Waals surface area (Å²) in [6, 6.07) is 10.1. The molecule has 0 spiro atoms. The minimum absolute atomic E-state index is 0.223. The van der Waals surface area contributed by atoms with E-state index in [9.17, 15) is 9.59 Å². The molecule has 9 nitrogen and oxygen atoms in total. The number of hydrogen-bond acceptors (Lipinski definition) is 7. The number of rotatable bonds is 5. The molecule has 0 radical (unpaired) electrons. The minimum Gasteiger partial charge on any atom is -0.494 e. The van der Waals surface area contributed by atoms with Crippen molar-refractivity contribution in [2.75, 3.05) is 6.61 Å². The highest BCUT2D eigenvalue weighted by molar-refractivity contribution is 6.08. The van der Waals surface area contributed by atoms with E-state index in [-0.39, 0.29) is 11.3 Å². The Kier molecular flexibility index (Phi) is 5.63. The molecule has 0 saturated carbocycles. The normalized spacial score (nSPS) is 10.9. The molecule has 1 aromatic carbocycles. The van der Waals surface area contributed by atoms with Crippen LogP contribution in [0.1, 0.15) is 44.9 Å². The number of benzene rings is 1. The topological polar surface area (TPSA) is 119 Å². The Bertz CT molecular complexity index is 1300. The maximum atomic E-state index is 13.0. The van der Waals surface area contributed by atoms with Crippen molar-refractivity contribution in [3.63, 3.8) is 0 Å². The summed E-state index contributed by atoms with van der Waals surface area (Å²) < 4.78 is 16.3. The SMILES string of the molecule is CCOc1ccc(C(=O)NNC(=O)c2cc(-c3cc(C)oc3C)nc3onc(C)c23)cc1. The number of amides is 2. The quantitative estimate of drug-likeness (QED) is 0.457. The van der Waals surface area contributed by atoms with Gasteiger partial charge in [0.1, 0.15) is 17.3 Å². The van der Waals surface area contributed by atoms with Crippen molar-refractivity contribution in [3.8, 4) is 17.0 Å². The zero-order valence-electron chi connectivity index (χ0n) is 18.1. The van der Waals surface area contributed by atoms with Gasteiger partial charge in [-0.25, -0.2) is 4.98 Å². The number of aromatic nitrogens is 2. The highest BCUT2D eigenvalue weighted by atomic mass is 16.5. The second-order valence-corrected chi connectivity index (χ2v) is 7.20. The van der Waals surface area contributed by atoms with E-state index in [4.69, 9.17) is 13.7 Å². The van der Waals surface area contributed by atoms with E-state index in [1.54, 1.807) is 37.3 Å². The third-order valence-corrected chi connectivity index (χ3v) is 4.90. The number of furan rings is 1. The molecule has 0 aliphatic rings. The number of fused-ring (bicyclic) bond motifs is 1. The van der Waals surface area contributed by atoms with Crippen LogP contribution in [0.15, 0.2) is 45.3 Å². The lowest BCUT2D eigenvalue weighted by atomic mass is 10.1. The van der Waals surface area contributed by atoms with Crippen LogP contribution in [0.2, 0.25) is 0 Å². The fraction of sp³-hybridized carbons (Fsp3) is 0.217. The summed E-state index contributed by atoms with van der Waals surface area (Å²) in [6.45, 7) is 7.78. The molecule has 0 aliphatic carbocycles. The van der Waals surface area contributed by atoms with Crippen LogP contribution < -0.4 is 15.6 Å². The fourth-order valence-electron chi connectivity index (χ4n) is 3.42. The van der Waals surface area contributed by atoms with Crippen molar-refractivity contribution < 1.29 is 23.3 Å². The number of nitrogens with zero attached hydrogens (tertiary/aromatic N) is 2. The Balaban J connectivity index is 1.59. The first kappa shape index (κ1) is 21.1. The van der Waals surface area contributed by atoms with Crippen LogP contribution in [0.3, 0.4) is 0 Å². The van der Waals surface area contributed by atoms with Crippen LogP contribution in [0.4, 0.5) is 0 Å². The average molecular weight is 434 g/mol. The van der Waals surface area contributed by atoms with Crippen molar-refractivity contribution in [2.45, 2.75) is 27.7 Å². The lowest BCUT2D eigenvalue weighted by molar-refractivity contribution is 0.0847. The van der Waals surface area contributed by atoms with Gasteiger partial charge in [0.2, 0.25) is 0 Å². The lowest BCUT2D eigenvalue weighted by Gasteiger charge is -2.10. The second kappa shape index (κ2) is 8.54. The number of carbonyl (C=O) groups excluding carboxylic acids is 2. The lowest BCUT2D eigenvalue weighted by Crippen LogP contribution is -2.41. The van der Waals surface area contributed by atoms with Gasteiger partial charge in [0, 0.05) is 11.1 Å². The molecule has 0 unspecified atom stereocenters. The molecule has 9 heteroatoms. The van der Waals surface area contributed by atoms with E-state index >= 15 is 0 Å². The summed E-state index contributed by atoms with van der Waals surface area (Å²) in [7, 11) is 0. The number of hydrazine groups is 1. The maximum absolute atomic E-state index is 13.0. The van der Waals surface area contributed by atoms with Gasteiger partial charge in [-0.05, 0) is 64.1 Å². The molecule has 2 amide bonds. The molecule has 3 heterocycles. The number of hydrogen-bond donors (Lipinski definition) is 2. The Morgan fingerprint density at radius 3 is 2.41 bits per heavy atom. The molecule has 4 rings (SSSR count). The first-order valence-electron chi connectivity index (χ1n) is 10.0. The summed E-state index contributed by atoms with van der Waals surface area (Å²) in [5.74, 6) is 1.06. The van der Waals surface area contributed by atoms with E-state index in [0.29, 0.717) is 40.5 Å². The molecule has 0 bridgehead atoms. The van der Waals surface area contributed by atoms with Crippen molar-refractivity contribution >= 4 is 22.9 Å². The molecule has 0 aliphatic heterocycles. The molecule has 2 N–H and O–H groups in total. The van der Waals surface area contributed by atoms with E-state index in [1.165, 1.54) is 0 Å². The van der Waals surface area contributed by atoms with E-state index in [1.807, 2.05) is 26.8 Å². The van der Waals surface area contributed by atoms with Crippen LogP contribution >= 0.6 is 0 Å². The molecule has 0 fully saturated rings. The molecule has 164 valence electrons. The van der Waals surface area contributed by atoms with Gasteiger partial charge in [-0.2, -0.15) is 0 Å². The van der Waals surface area contributed by atoms with Crippen LogP contribution in [-0.4, -0.2) is 28.6 Å². The first-order valence-corrected chi connectivity index (χ1v) is 10.0. The summed E-state index contributed by atoms with van der Waals surface area (Å²) in [6.07, 6.45) is 0. The third-order valence-electron chi connectivity index (χ3n) is 4.90. The van der Waals surface area contributed by atoms with Gasteiger partial charge in [-0.15, -0.1) is 0 Å². The number of ether oxygens (including phenoxy) is 1. The van der Waals surface area contributed by atoms with Gasteiger partial charge >= 0.3 is 0 Å². The minimum atomic E-state index is -0.526. The third kappa shape index (κ3) is 4.04. The van der Waals surface area contributed by atoms with Crippen molar-refractivity contribution in [2.24, 2.45) is 0 Å². The smallest absolute Gasteiger partial charge is 0.270 e.